The van der Waals surface area contributed by atoms with Gasteiger partial charge in [0.2, 0.25) is 0 Å². The van der Waals surface area contributed by atoms with Crippen LogP contribution in [0.2, 0.25) is 5.02 Å². The average Bonchev–Trinajstić information content (AvgIpc) is 3.26. The standard InChI is InChI=1S/C27H26ClN3O/c1-2-3-7-18-32-25-16-10-21(11-17-25)20-29-27-19-26(22-12-14-23(28)15-13-22)30-31(27)24-8-5-4-6-9-24/h4-6,8-17,19-20H,2-3,7,18H2,1H3. The van der Waals surface area contributed by atoms with Gasteiger partial charge in [-0.15, -0.1) is 0 Å². The van der Waals surface area contributed by atoms with E-state index in [2.05, 4.69) is 6.92 Å². The van der Waals surface area contributed by atoms with Crippen molar-refractivity contribution in [1.82, 2.24) is 9.78 Å². The normalized spacial score (nSPS) is 11.2. The monoisotopic (exact) mass is 443 g/mol. The summed E-state index contributed by atoms with van der Waals surface area (Å²) in [6.45, 7) is 2.95. The summed E-state index contributed by atoms with van der Waals surface area (Å²) in [5, 5.41) is 5.50. The zero-order valence-electron chi connectivity index (χ0n) is 18.1. The molecule has 5 heteroatoms. The Bertz CT molecular complexity index is 1150. The number of nitrogens with zero attached hydrogens (tertiary/aromatic N) is 3. The first-order chi connectivity index (χ1) is 15.7. The number of unbranched alkanes of at least 4 members (excludes halogenated alkanes) is 2. The highest BCUT2D eigenvalue weighted by Crippen LogP contribution is 2.27. The number of hydrogen-bond donors (Lipinski definition) is 0. The molecule has 0 amide bonds. The first kappa shape index (κ1) is 21.8. The van der Waals surface area contributed by atoms with Crippen LogP contribution in [0.1, 0.15) is 31.7 Å². The SMILES string of the molecule is CCCCCOc1ccc(C=Nc2cc(-c3ccc(Cl)cc3)nn2-c2ccccc2)cc1. The van der Waals surface area contributed by atoms with Crippen molar-refractivity contribution in [1.29, 1.82) is 0 Å². The van der Waals surface area contributed by atoms with Crippen LogP contribution in [0.15, 0.2) is 89.9 Å². The molecular weight excluding hydrogens is 418 g/mol. The smallest absolute Gasteiger partial charge is 0.156 e. The predicted octanol–water partition coefficient (Wildman–Crippen LogP) is 7.51. The van der Waals surface area contributed by atoms with Gasteiger partial charge in [0.25, 0.3) is 0 Å². The summed E-state index contributed by atoms with van der Waals surface area (Å²) in [6, 6.07) is 27.7. The van der Waals surface area contributed by atoms with E-state index in [1.54, 1.807) is 0 Å². The molecule has 0 unspecified atom stereocenters. The van der Waals surface area contributed by atoms with Gasteiger partial charge in [0.1, 0.15) is 5.75 Å². The molecule has 1 heterocycles. The molecule has 4 nitrogen and oxygen atoms in total. The van der Waals surface area contributed by atoms with Crippen LogP contribution in [-0.2, 0) is 0 Å². The van der Waals surface area contributed by atoms with Crippen molar-refractivity contribution >= 4 is 23.6 Å². The zero-order valence-corrected chi connectivity index (χ0v) is 18.9. The highest BCUT2D eigenvalue weighted by atomic mass is 35.5. The molecule has 0 aliphatic rings. The van der Waals surface area contributed by atoms with Crippen LogP contribution in [0, 0.1) is 0 Å². The predicted molar refractivity (Wildman–Crippen MR) is 133 cm³/mol. The second-order valence-corrected chi connectivity index (χ2v) is 7.96. The molecule has 1 aromatic heterocycles. The molecule has 0 N–H and O–H groups in total. The van der Waals surface area contributed by atoms with Gasteiger partial charge in [0, 0.05) is 22.9 Å². The third kappa shape index (κ3) is 5.65. The van der Waals surface area contributed by atoms with Gasteiger partial charge in [-0.3, -0.25) is 0 Å². The maximum absolute atomic E-state index is 6.04. The minimum absolute atomic E-state index is 0.701. The van der Waals surface area contributed by atoms with E-state index in [0.29, 0.717) is 5.02 Å². The fourth-order valence-corrected chi connectivity index (χ4v) is 3.44. The molecular formula is C27H26ClN3O. The number of aliphatic imine (C=N–C) groups is 1. The summed E-state index contributed by atoms with van der Waals surface area (Å²) < 4.78 is 7.65. The maximum Gasteiger partial charge on any atom is 0.156 e. The number of benzene rings is 3. The lowest BCUT2D eigenvalue weighted by atomic mass is 10.1. The van der Waals surface area contributed by atoms with Crippen LogP contribution < -0.4 is 4.74 Å². The minimum Gasteiger partial charge on any atom is -0.494 e. The Balaban J connectivity index is 1.56. The van der Waals surface area contributed by atoms with Gasteiger partial charge < -0.3 is 4.74 Å². The third-order valence-corrected chi connectivity index (χ3v) is 5.33. The van der Waals surface area contributed by atoms with Gasteiger partial charge in [0.05, 0.1) is 18.0 Å². The number of ether oxygens (including phenoxy) is 1. The molecule has 0 saturated heterocycles. The van der Waals surface area contributed by atoms with E-state index in [9.17, 15) is 0 Å². The molecule has 4 rings (SSSR count). The lowest BCUT2D eigenvalue weighted by Crippen LogP contribution is -1.97. The van der Waals surface area contributed by atoms with Crippen LogP contribution in [0.3, 0.4) is 0 Å². The highest BCUT2D eigenvalue weighted by molar-refractivity contribution is 6.30. The summed E-state index contributed by atoms with van der Waals surface area (Å²) in [5.74, 6) is 1.64. The quantitative estimate of drug-likeness (QED) is 0.198. The lowest BCUT2D eigenvalue weighted by Gasteiger charge is -2.06. The molecule has 0 bridgehead atoms. The molecule has 3 aromatic carbocycles. The molecule has 0 fully saturated rings. The van der Waals surface area contributed by atoms with E-state index in [1.807, 2.05) is 95.8 Å². The van der Waals surface area contributed by atoms with E-state index in [4.69, 9.17) is 26.4 Å². The molecule has 0 spiro atoms. The molecule has 0 saturated carbocycles. The molecule has 0 atom stereocenters. The summed E-state index contributed by atoms with van der Waals surface area (Å²) in [4.78, 5) is 4.74. The van der Waals surface area contributed by atoms with Crippen LogP contribution in [0.5, 0.6) is 5.75 Å². The molecule has 162 valence electrons. The Morgan fingerprint density at radius 2 is 1.69 bits per heavy atom. The van der Waals surface area contributed by atoms with Crippen molar-refractivity contribution in [3.8, 4) is 22.7 Å². The minimum atomic E-state index is 0.701. The Kier molecular flexibility index (Phi) is 7.36. The summed E-state index contributed by atoms with van der Waals surface area (Å²) in [6.07, 6.45) is 5.32. The van der Waals surface area contributed by atoms with Crippen LogP contribution in [0.25, 0.3) is 16.9 Å². The molecule has 0 aliphatic carbocycles. The number of rotatable bonds is 9. The van der Waals surface area contributed by atoms with E-state index >= 15 is 0 Å². The molecule has 4 aromatic rings. The fraction of sp³-hybridized carbons (Fsp3) is 0.185. The van der Waals surface area contributed by atoms with Crippen molar-refractivity contribution in [3.05, 3.63) is 95.5 Å². The van der Waals surface area contributed by atoms with Crippen molar-refractivity contribution < 1.29 is 4.74 Å². The van der Waals surface area contributed by atoms with Crippen LogP contribution in [0.4, 0.5) is 5.82 Å². The van der Waals surface area contributed by atoms with E-state index in [1.165, 1.54) is 12.8 Å². The van der Waals surface area contributed by atoms with Gasteiger partial charge in [-0.1, -0.05) is 61.7 Å². The Morgan fingerprint density at radius 1 is 0.938 bits per heavy atom. The maximum atomic E-state index is 6.04. The van der Waals surface area contributed by atoms with E-state index in [-0.39, 0.29) is 0 Å². The molecule has 0 aliphatic heterocycles. The van der Waals surface area contributed by atoms with Gasteiger partial charge in [-0.2, -0.15) is 5.10 Å². The van der Waals surface area contributed by atoms with Crippen LogP contribution >= 0.6 is 11.6 Å². The molecule has 0 radical (unpaired) electrons. The highest BCUT2D eigenvalue weighted by Gasteiger charge is 2.10. The zero-order chi connectivity index (χ0) is 22.2. The second kappa shape index (κ2) is 10.8. The lowest BCUT2D eigenvalue weighted by molar-refractivity contribution is 0.306. The summed E-state index contributed by atoms with van der Waals surface area (Å²) in [7, 11) is 0. The number of para-hydroxylation sites is 1. The van der Waals surface area contributed by atoms with Gasteiger partial charge in [-0.05, 0) is 60.5 Å². The first-order valence-corrected chi connectivity index (χ1v) is 11.3. The van der Waals surface area contributed by atoms with E-state index < -0.39 is 0 Å². The van der Waals surface area contributed by atoms with E-state index in [0.717, 1.165) is 47.1 Å². The first-order valence-electron chi connectivity index (χ1n) is 10.9. The summed E-state index contributed by atoms with van der Waals surface area (Å²) >= 11 is 6.04. The van der Waals surface area contributed by atoms with Gasteiger partial charge in [-0.25, -0.2) is 9.67 Å². The third-order valence-electron chi connectivity index (χ3n) is 5.07. The fourth-order valence-electron chi connectivity index (χ4n) is 3.32. The van der Waals surface area contributed by atoms with Crippen molar-refractivity contribution in [2.45, 2.75) is 26.2 Å². The topological polar surface area (TPSA) is 39.4 Å². The Morgan fingerprint density at radius 3 is 2.41 bits per heavy atom. The van der Waals surface area contributed by atoms with Crippen LogP contribution in [-0.4, -0.2) is 22.6 Å². The van der Waals surface area contributed by atoms with Crippen molar-refractivity contribution in [2.24, 2.45) is 4.99 Å². The summed E-state index contributed by atoms with van der Waals surface area (Å²) in [5.41, 5.74) is 3.79. The van der Waals surface area contributed by atoms with Gasteiger partial charge >= 0.3 is 0 Å². The Labute approximate surface area is 194 Å². The van der Waals surface area contributed by atoms with Gasteiger partial charge in [0.15, 0.2) is 5.82 Å². The largest absolute Gasteiger partial charge is 0.494 e. The molecule has 32 heavy (non-hydrogen) atoms. The Hall–Kier alpha value is -3.37. The van der Waals surface area contributed by atoms with Crippen molar-refractivity contribution in [2.75, 3.05) is 6.61 Å². The van der Waals surface area contributed by atoms with Crippen molar-refractivity contribution in [3.63, 3.8) is 0 Å². The second-order valence-electron chi connectivity index (χ2n) is 7.52. The average molecular weight is 444 g/mol. The number of hydrogen-bond acceptors (Lipinski definition) is 3. The number of aromatic nitrogens is 2. The number of halogens is 1.